The highest BCUT2D eigenvalue weighted by Crippen LogP contribution is 1.73. The minimum atomic E-state index is -0.534. The zero-order chi connectivity index (χ0) is 8.27. The predicted molar refractivity (Wildman–Crippen MR) is 36.9 cm³/mol. The number of nitrogens with one attached hydrogen (secondary N) is 1. The van der Waals surface area contributed by atoms with E-state index in [1.807, 2.05) is 4.98 Å². The molecule has 0 saturated heterocycles. The van der Waals surface area contributed by atoms with Crippen molar-refractivity contribution in [1.82, 2.24) is 9.55 Å². The maximum Gasteiger partial charge on any atom is 0.328 e. The molecule has 1 rings (SSSR count). The largest absolute Gasteiger partial charge is 0.328 e. The van der Waals surface area contributed by atoms with Gasteiger partial charge >= 0.3 is 5.69 Å². The van der Waals surface area contributed by atoms with Crippen LogP contribution in [0.2, 0.25) is 0 Å². The maximum absolute atomic E-state index is 10.8. The molecule has 0 amide bonds. The highest BCUT2D eigenvalue weighted by Gasteiger charge is 1.93. The minimum Gasteiger partial charge on any atom is -0.298 e. The van der Waals surface area contributed by atoms with E-state index in [4.69, 9.17) is 0 Å². The Balaban J connectivity index is 3.10. The van der Waals surface area contributed by atoms with Crippen LogP contribution in [0.5, 0.6) is 0 Å². The van der Waals surface area contributed by atoms with Gasteiger partial charge in [-0.25, -0.2) is 9.90 Å². The molecule has 0 atom stereocenters. The second kappa shape index (κ2) is 3.16. The van der Waals surface area contributed by atoms with Crippen molar-refractivity contribution in [3.63, 3.8) is 0 Å². The number of nitrogens with zero attached hydrogens (tertiary/aromatic N) is 1. The fraction of sp³-hybridized carbons (Fsp3) is 0.333. The van der Waals surface area contributed by atoms with Crippen LogP contribution >= 0.6 is 0 Å². The topological polar surface area (TPSA) is 74.8 Å². The van der Waals surface area contributed by atoms with Gasteiger partial charge in [0.2, 0.25) is 0 Å². The van der Waals surface area contributed by atoms with Gasteiger partial charge < -0.3 is 0 Å². The van der Waals surface area contributed by atoms with Gasteiger partial charge in [0.05, 0.1) is 6.54 Å². The van der Waals surface area contributed by atoms with Crippen molar-refractivity contribution in [2.45, 2.75) is 6.54 Å². The summed E-state index contributed by atoms with van der Waals surface area (Å²) >= 11 is 0. The summed E-state index contributed by atoms with van der Waals surface area (Å²) in [6, 6.07) is 1.21. The summed E-state index contributed by atoms with van der Waals surface area (Å²) < 4.78 is 1.16. The first-order valence-electron chi connectivity index (χ1n) is 3.12. The molecular formula is C6H7N2O3. The molecule has 0 aliphatic carbocycles. The number of rotatable bonds is 2. The maximum atomic E-state index is 10.8. The third kappa shape index (κ3) is 1.78. The molecule has 0 spiro atoms. The number of aromatic amines is 1. The second-order valence-corrected chi connectivity index (χ2v) is 2.01. The Morgan fingerprint density at radius 3 is 2.73 bits per heavy atom. The Morgan fingerprint density at radius 2 is 2.18 bits per heavy atom. The molecule has 11 heavy (non-hydrogen) atoms. The smallest absolute Gasteiger partial charge is 0.298 e. The Kier molecular flexibility index (Phi) is 2.22. The first kappa shape index (κ1) is 7.74. The lowest BCUT2D eigenvalue weighted by Gasteiger charge is -1.97. The van der Waals surface area contributed by atoms with E-state index in [1.165, 1.54) is 12.3 Å². The Labute approximate surface area is 61.9 Å². The molecule has 1 N–H and O–H groups in total. The molecule has 1 aromatic heterocycles. The fourth-order valence-electron chi connectivity index (χ4n) is 0.719. The Hall–Kier alpha value is -1.36. The molecule has 5 nitrogen and oxygen atoms in total. The first-order valence-corrected chi connectivity index (χ1v) is 3.12. The van der Waals surface area contributed by atoms with Gasteiger partial charge in [0, 0.05) is 12.3 Å². The molecule has 1 aromatic rings. The lowest BCUT2D eigenvalue weighted by Crippen LogP contribution is -2.29. The molecule has 1 heterocycles. The zero-order valence-electron chi connectivity index (χ0n) is 5.74. The number of H-pyrrole nitrogens is 1. The molecule has 0 fully saturated rings. The summed E-state index contributed by atoms with van der Waals surface area (Å²) in [4.78, 5) is 23.3. The Morgan fingerprint density at radius 1 is 1.45 bits per heavy atom. The van der Waals surface area contributed by atoms with E-state index in [1.54, 1.807) is 0 Å². The monoisotopic (exact) mass is 155 g/mol. The minimum absolute atomic E-state index is 0.0929. The van der Waals surface area contributed by atoms with Crippen molar-refractivity contribution in [2.24, 2.45) is 0 Å². The summed E-state index contributed by atoms with van der Waals surface area (Å²) in [5, 5.41) is 10.1. The van der Waals surface area contributed by atoms with Crippen LogP contribution in [0, 0.1) is 0 Å². The number of hydrogen-bond acceptors (Lipinski definition) is 2. The average molecular weight is 155 g/mol. The van der Waals surface area contributed by atoms with Crippen LogP contribution in [0.15, 0.2) is 21.9 Å². The molecule has 59 valence electrons. The van der Waals surface area contributed by atoms with E-state index >= 15 is 0 Å². The van der Waals surface area contributed by atoms with Gasteiger partial charge in [0.25, 0.3) is 5.56 Å². The van der Waals surface area contributed by atoms with E-state index in [0.717, 1.165) is 4.57 Å². The summed E-state index contributed by atoms with van der Waals surface area (Å²) in [7, 11) is 0. The predicted octanol–water partition coefficient (Wildman–Crippen LogP) is -1.03. The van der Waals surface area contributed by atoms with E-state index < -0.39 is 11.2 Å². The van der Waals surface area contributed by atoms with Crippen LogP contribution in [0.3, 0.4) is 0 Å². The summed E-state index contributed by atoms with van der Waals surface area (Å²) in [5.74, 6) is 0. The molecule has 0 bridgehead atoms. The fourth-order valence-corrected chi connectivity index (χ4v) is 0.719. The normalized spacial score (nSPS) is 9.91. The van der Waals surface area contributed by atoms with Crippen molar-refractivity contribution >= 4 is 0 Å². The standard InChI is InChI=1S/C6H7N2O3/c9-4-3-8-2-1-5(10)7-6(8)11/h1-2H,3-4H2,(H,7,10,11). The quantitative estimate of drug-likeness (QED) is 0.592. The van der Waals surface area contributed by atoms with E-state index in [0.29, 0.717) is 0 Å². The highest BCUT2D eigenvalue weighted by molar-refractivity contribution is 4.81. The van der Waals surface area contributed by atoms with Crippen LogP contribution in [-0.2, 0) is 11.7 Å². The summed E-state index contributed by atoms with van der Waals surface area (Å²) in [5.41, 5.74) is -0.981. The summed E-state index contributed by atoms with van der Waals surface area (Å²) in [6.07, 6.45) is 1.30. The van der Waals surface area contributed by atoms with Gasteiger partial charge in [-0.2, -0.15) is 0 Å². The number of hydrogen-bond donors (Lipinski definition) is 1. The zero-order valence-corrected chi connectivity index (χ0v) is 5.74. The molecule has 5 heteroatoms. The van der Waals surface area contributed by atoms with E-state index in [-0.39, 0.29) is 13.2 Å². The van der Waals surface area contributed by atoms with Gasteiger partial charge in [0.1, 0.15) is 6.61 Å². The molecule has 0 aromatic carbocycles. The van der Waals surface area contributed by atoms with Crippen LogP contribution in [0.1, 0.15) is 0 Å². The third-order valence-electron chi connectivity index (χ3n) is 1.23. The van der Waals surface area contributed by atoms with Gasteiger partial charge in [0.15, 0.2) is 0 Å². The van der Waals surface area contributed by atoms with Crippen molar-refractivity contribution in [2.75, 3.05) is 6.61 Å². The van der Waals surface area contributed by atoms with Gasteiger partial charge in [-0.05, 0) is 0 Å². The van der Waals surface area contributed by atoms with Gasteiger partial charge in [-0.3, -0.25) is 14.3 Å². The molecule has 0 aliphatic heterocycles. The lowest BCUT2D eigenvalue weighted by atomic mass is 10.6. The SMILES string of the molecule is [O]CCn1ccc(=O)[nH]c1=O. The summed E-state index contributed by atoms with van der Waals surface area (Å²) in [6.45, 7) is -0.276. The van der Waals surface area contributed by atoms with Crippen molar-refractivity contribution < 1.29 is 5.11 Å². The first-order chi connectivity index (χ1) is 5.24. The molecule has 0 unspecified atom stereocenters. The Bertz CT molecular complexity index is 338. The van der Waals surface area contributed by atoms with Crippen molar-refractivity contribution in [1.29, 1.82) is 0 Å². The molecule has 0 saturated carbocycles. The van der Waals surface area contributed by atoms with Crippen LogP contribution in [0.4, 0.5) is 0 Å². The molecule has 1 radical (unpaired) electrons. The van der Waals surface area contributed by atoms with Crippen LogP contribution in [-0.4, -0.2) is 16.2 Å². The third-order valence-corrected chi connectivity index (χ3v) is 1.23. The lowest BCUT2D eigenvalue weighted by molar-refractivity contribution is 0.179. The molecule has 0 aliphatic rings. The van der Waals surface area contributed by atoms with Crippen molar-refractivity contribution in [3.05, 3.63) is 33.1 Å². The van der Waals surface area contributed by atoms with Gasteiger partial charge in [-0.1, -0.05) is 0 Å². The highest BCUT2D eigenvalue weighted by atomic mass is 16.3. The number of aromatic nitrogens is 2. The van der Waals surface area contributed by atoms with Crippen LogP contribution in [0.25, 0.3) is 0 Å². The van der Waals surface area contributed by atoms with E-state index in [9.17, 15) is 14.7 Å². The van der Waals surface area contributed by atoms with Crippen molar-refractivity contribution in [3.8, 4) is 0 Å². The van der Waals surface area contributed by atoms with Crippen LogP contribution < -0.4 is 11.2 Å². The second-order valence-electron chi connectivity index (χ2n) is 2.01. The van der Waals surface area contributed by atoms with Gasteiger partial charge in [-0.15, -0.1) is 0 Å². The molecular weight excluding hydrogens is 148 g/mol. The van der Waals surface area contributed by atoms with E-state index in [2.05, 4.69) is 0 Å². The average Bonchev–Trinajstić information content (AvgIpc) is 1.95.